The maximum Gasteiger partial charge on any atom is 0.230 e. The fourth-order valence-electron chi connectivity index (χ4n) is 6.05. The van der Waals surface area contributed by atoms with Crippen LogP contribution in [0, 0.1) is 17.8 Å². The lowest BCUT2D eigenvalue weighted by Crippen LogP contribution is -2.60. The summed E-state index contributed by atoms with van der Waals surface area (Å²) in [6, 6.07) is 0.289. The summed E-state index contributed by atoms with van der Waals surface area (Å²) in [7, 11) is 0. The highest BCUT2D eigenvalue weighted by molar-refractivity contribution is 8.01. The molecular weight excluding hydrogens is 392 g/mol. The number of amides is 2. The molecule has 0 saturated heterocycles. The van der Waals surface area contributed by atoms with Gasteiger partial charge in [-0.05, 0) is 69.1 Å². The van der Waals surface area contributed by atoms with Crippen LogP contribution in [-0.2, 0) is 9.59 Å². The minimum atomic E-state index is 0.0645. The molecule has 1 aromatic heterocycles. The number of nitrogens with zero attached hydrogens (tertiary/aromatic N) is 3. The molecule has 2 amide bonds. The van der Waals surface area contributed by atoms with Crippen molar-refractivity contribution in [3.8, 4) is 0 Å². The Labute approximate surface area is 174 Å². The van der Waals surface area contributed by atoms with Crippen molar-refractivity contribution in [2.75, 3.05) is 10.7 Å². The van der Waals surface area contributed by atoms with Crippen molar-refractivity contribution >= 4 is 40.0 Å². The van der Waals surface area contributed by atoms with Gasteiger partial charge >= 0.3 is 0 Å². The standard InChI is InChI=1S/C20H28N4O2S2/c1-2-17(26)24(15-3-4-15)18-22-23-19(28-18)27-11-16(25)21-20-8-12-5-13(9-20)7-14(6-12)10-20/h12-15H,2-11H2,1H3,(H,21,25). The van der Waals surface area contributed by atoms with Crippen molar-refractivity contribution in [2.24, 2.45) is 17.8 Å². The number of anilines is 1. The minimum Gasteiger partial charge on any atom is -0.350 e. The number of rotatable bonds is 7. The number of hydrogen-bond acceptors (Lipinski definition) is 6. The highest BCUT2D eigenvalue weighted by Crippen LogP contribution is 2.55. The van der Waals surface area contributed by atoms with E-state index in [2.05, 4.69) is 15.5 Å². The van der Waals surface area contributed by atoms with Gasteiger partial charge in [0.25, 0.3) is 0 Å². The Morgan fingerprint density at radius 2 is 1.79 bits per heavy atom. The zero-order chi connectivity index (χ0) is 19.3. The van der Waals surface area contributed by atoms with Crippen molar-refractivity contribution in [2.45, 2.75) is 80.6 Å². The zero-order valence-corrected chi connectivity index (χ0v) is 18.0. The van der Waals surface area contributed by atoms with Gasteiger partial charge in [0.05, 0.1) is 5.75 Å². The van der Waals surface area contributed by atoms with E-state index in [9.17, 15) is 9.59 Å². The second-order valence-electron chi connectivity index (χ2n) is 9.23. The Morgan fingerprint density at radius 1 is 1.14 bits per heavy atom. The molecule has 8 heteroatoms. The van der Waals surface area contributed by atoms with Crippen LogP contribution in [0.1, 0.15) is 64.7 Å². The lowest BCUT2D eigenvalue weighted by Gasteiger charge is -2.56. The summed E-state index contributed by atoms with van der Waals surface area (Å²) in [4.78, 5) is 26.7. The molecule has 0 aliphatic heterocycles. The van der Waals surface area contributed by atoms with E-state index >= 15 is 0 Å². The first-order valence-corrected chi connectivity index (χ1v) is 12.4. The molecule has 5 saturated carbocycles. The Morgan fingerprint density at radius 3 is 2.36 bits per heavy atom. The van der Waals surface area contributed by atoms with Gasteiger partial charge in [0.15, 0.2) is 4.34 Å². The third-order valence-electron chi connectivity index (χ3n) is 6.85. The first-order valence-electron chi connectivity index (χ1n) is 10.6. The summed E-state index contributed by atoms with van der Waals surface area (Å²) in [6.45, 7) is 1.88. The van der Waals surface area contributed by atoms with Crippen LogP contribution in [-0.4, -0.2) is 39.3 Å². The number of aromatic nitrogens is 2. The van der Waals surface area contributed by atoms with Crippen molar-refractivity contribution < 1.29 is 9.59 Å². The highest BCUT2D eigenvalue weighted by Gasteiger charge is 2.51. The molecule has 1 aromatic rings. The van der Waals surface area contributed by atoms with E-state index in [4.69, 9.17) is 0 Å². The van der Waals surface area contributed by atoms with E-state index in [1.165, 1.54) is 61.6 Å². The Hall–Kier alpha value is -1.15. The van der Waals surface area contributed by atoms with Crippen molar-refractivity contribution in [1.82, 2.24) is 15.5 Å². The number of carbonyl (C=O) groups excluding carboxylic acids is 2. The van der Waals surface area contributed by atoms with Crippen LogP contribution in [0.5, 0.6) is 0 Å². The van der Waals surface area contributed by atoms with E-state index in [1.807, 2.05) is 6.92 Å². The Bertz CT molecular complexity index is 741. The van der Waals surface area contributed by atoms with Gasteiger partial charge in [-0.3, -0.25) is 14.5 Å². The van der Waals surface area contributed by atoms with Gasteiger partial charge in [0.2, 0.25) is 16.9 Å². The van der Waals surface area contributed by atoms with E-state index in [0.717, 1.165) is 34.9 Å². The molecule has 152 valence electrons. The van der Waals surface area contributed by atoms with Crippen LogP contribution < -0.4 is 10.2 Å². The summed E-state index contributed by atoms with van der Waals surface area (Å²) in [5.41, 5.74) is 0.0645. The maximum atomic E-state index is 12.7. The van der Waals surface area contributed by atoms with Gasteiger partial charge < -0.3 is 5.32 Å². The largest absolute Gasteiger partial charge is 0.350 e. The molecule has 0 unspecified atom stereocenters. The molecule has 28 heavy (non-hydrogen) atoms. The highest BCUT2D eigenvalue weighted by atomic mass is 32.2. The van der Waals surface area contributed by atoms with Crippen molar-refractivity contribution in [3.05, 3.63) is 0 Å². The van der Waals surface area contributed by atoms with Crippen LogP contribution in [0.2, 0.25) is 0 Å². The maximum absolute atomic E-state index is 12.7. The third kappa shape index (κ3) is 3.70. The normalized spacial score (nSPS) is 33.1. The van der Waals surface area contributed by atoms with E-state index < -0.39 is 0 Å². The first-order chi connectivity index (χ1) is 13.5. The number of carbonyl (C=O) groups is 2. The summed E-state index contributed by atoms with van der Waals surface area (Å²) in [5.74, 6) is 3.09. The molecular formula is C20H28N4O2S2. The smallest absolute Gasteiger partial charge is 0.230 e. The fraction of sp³-hybridized carbons (Fsp3) is 0.800. The molecule has 0 radical (unpaired) electrons. The van der Waals surface area contributed by atoms with Crippen molar-refractivity contribution in [1.29, 1.82) is 0 Å². The van der Waals surface area contributed by atoms with Crippen molar-refractivity contribution in [3.63, 3.8) is 0 Å². The molecule has 5 aliphatic carbocycles. The van der Waals surface area contributed by atoms with E-state index in [-0.39, 0.29) is 23.4 Å². The van der Waals surface area contributed by atoms with Crippen LogP contribution >= 0.6 is 23.1 Å². The van der Waals surface area contributed by atoms with Gasteiger partial charge in [-0.25, -0.2) is 0 Å². The first kappa shape index (κ1) is 18.9. The molecule has 1 heterocycles. The molecule has 1 N–H and O–H groups in total. The Kier molecular flexibility index (Phi) is 4.90. The van der Waals surface area contributed by atoms with Gasteiger partial charge in [0, 0.05) is 18.0 Å². The Balaban J connectivity index is 1.17. The zero-order valence-electron chi connectivity index (χ0n) is 16.4. The number of thioether (sulfide) groups is 1. The SMILES string of the molecule is CCC(=O)N(c1nnc(SCC(=O)NC23CC4CC(CC(C4)C2)C3)s1)C1CC1. The molecule has 0 aromatic carbocycles. The average molecular weight is 421 g/mol. The quantitative estimate of drug-likeness (QED) is 0.539. The second kappa shape index (κ2) is 7.27. The predicted octanol–water partition coefficient (Wildman–Crippen LogP) is 3.62. The summed E-state index contributed by atoms with van der Waals surface area (Å²) in [6.07, 6.45) is 10.2. The van der Waals surface area contributed by atoms with Gasteiger partial charge in [-0.1, -0.05) is 30.0 Å². The predicted molar refractivity (Wildman–Crippen MR) is 110 cm³/mol. The summed E-state index contributed by atoms with van der Waals surface area (Å²) >= 11 is 2.87. The number of nitrogens with one attached hydrogen (secondary N) is 1. The monoisotopic (exact) mass is 420 g/mol. The fourth-order valence-corrected chi connectivity index (χ4v) is 7.78. The molecule has 5 fully saturated rings. The van der Waals surface area contributed by atoms with E-state index in [1.54, 1.807) is 4.90 Å². The lowest BCUT2D eigenvalue weighted by molar-refractivity contribution is -0.124. The summed E-state index contributed by atoms with van der Waals surface area (Å²) < 4.78 is 0.769. The van der Waals surface area contributed by atoms with Crippen LogP contribution in [0.4, 0.5) is 5.13 Å². The average Bonchev–Trinajstić information content (AvgIpc) is 3.36. The minimum absolute atomic E-state index is 0.0645. The topological polar surface area (TPSA) is 75.2 Å². The van der Waals surface area contributed by atoms with Gasteiger partial charge in [-0.15, -0.1) is 10.2 Å². The summed E-state index contributed by atoms with van der Waals surface area (Å²) in [5, 5.41) is 12.5. The molecule has 4 bridgehead atoms. The molecule has 5 aliphatic rings. The van der Waals surface area contributed by atoms with E-state index in [0.29, 0.717) is 17.3 Å². The van der Waals surface area contributed by atoms with Crippen LogP contribution in [0.15, 0.2) is 4.34 Å². The molecule has 6 nitrogen and oxygen atoms in total. The van der Waals surface area contributed by atoms with Gasteiger partial charge in [0.1, 0.15) is 0 Å². The molecule has 0 spiro atoms. The molecule has 0 atom stereocenters. The van der Waals surface area contributed by atoms with Crippen LogP contribution in [0.25, 0.3) is 0 Å². The second-order valence-corrected chi connectivity index (χ2v) is 11.4. The number of hydrogen-bond donors (Lipinski definition) is 1. The van der Waals surface area contributed by atoms with Gasteiger partial charge in [-0.2, -0.15) is 0 Å². The van der Waals surface area contributed by atoms with Crippen LogP contribution in [0.3, 0.4) is 0 Å². The third-order valence-corrected chi connectivity index (χ3v) is 8.91. The lowest BCUT2D eigenvalue weighted by atomic mass is 9.53. The molecule has 6 rings (SSSR count).